The number of hydrogen-bond acceptors (Lipinski definition) is 6. The first-order chi connectivity index (χ1) is 17.1. The Hall–Kier alpha value is -4.85. The fourth-order valence-electron chi connectivity index (χ4n) is 3.49. The van der Waals surface area contributed by atoms with Crippen LogP contribution in [-0.2, 0) is 6.18 Å². The molecular weight excluding hydrogens is 477 g/mol. The molecule has 0 bridgehead atoms. The lowest BCUT2D eigenvalue weighted by molar-refractivity contribution is -0.385. The highest BCUT2D eigenvalue weighted by molar-refractivity contribution is 5.90. The third-order valence-electron chi connectivity index (χ3n) is 5.21. The van der Waals surface area contributed by atoms with Gasteiger partial charge < -0.3 is 14.5 Å². The Balaban J connectivity index is 1.69. The highest BCUT2D eigenvalue weighted by Gasteiger charge is 2.36. The van der Waals surface area contributed by atoms with Crippen LogP contribution in [0.1, 0.15) is 22.5 Å². The fourth-order valence-corrected chi connectivity index (χ4v) is 3.49. The van der Waals surface area contributed by atoms with E-state index >= 15 is 0 Å². The van der Waals surface area contributed by atoms with Crippen LogP contribution < -0.4 is 9.47 Å². The molecule has 3 aromatic carbocycles. The maximum atomic E-state index is 13.5. The maximum absolute atomic E-state index is 13.5. The lowest BCUT2D eigenvalue weighted by Gasteiger charge is -2.15. The molecule has 8 nitrogen and oxygen atoms in total. The van der Waals surface area contributed by atoms with Crippen LogP contribution in [0.3, 0.4) is 0 Å². The molecule has 0 fully saturated rings. The summed E-state index contributed by atoms with van der Waals surface area (Å²) in [6.45, 7) is 1.94. The highest BCUT2D eigenvalue weighted by Crippen LogP contribution is 2.42. The van der Waals surface area contributed by atoms with E-state index in [0.29, 0.717) is 23.0 Å². The number of nitrogens with zero attached hydrogens (tertiary/aromatic N) is 3. The zero-order valence-corrected chi connectivity index (χ0v) is 18.9. The predicted octanol–water partition coefficient (Wildman–Crippen LogP) is 6.66. The van der Waals surface area contributed by atoms with Gasteiger partial charge in [-0.25, -0.2) is 4.98 Å². The molecule has 0 amide bonds. The van der Waals surface area contributed by atoms with Crippen LogP contribution >= 0.6 is 0 Å². The average Bonchev–Trinajstić information content (AvgIpc) is 3.25. The van der Waals surface area contributed by atoms with Crippen LogP contribution in [0.4, 0.5) is 18.9 Å². The summed E-state index contributed by atoms with van der Waals surface area (Å²) in [6, 6.07) is 14.3. The summed E-state index contributed by atoms with van der Waals surface area (Å²) in [5, 5.41) is 20.6. The Morgan fingerprint density at radius 2 is 1.86 bits per heavy atom. The quantitative estimate of drug-likeness (QED) is 0.182. The molecule has 0 aliphatic rings. The minimum atomic E-state index is -4.88. The number of hydrogen-bond donors (Lipinski definition) is 1. The zero-order valence-electron chi connectivity index (χ0n) is 18.9. The van der Waals surface area contributed by atoms with Crippen LogP contribution in [0.15, 0.2) is 54.6 Å². The predicted molar refractivity (Wildman–Crippen MR) is 125 cm³/mol. The van der Waals surface area contributed by atoms with Gasteiger partial charge >= 0.3 is 6.18 Å². The number of aromatic amines is 1. The summed E-state index contributed by atoms with van der Waals surface area (Å²) >= 11 is 0. The monoisotopic (exact) mass is 494 g/mol. The number of aryl methyl sites for hydroxylation is 1. The van der Waals surface area contributed by atoms with Crippen LogP contribution in [0, 0.1) is 28.4 Å². The molecule has 0 saturated heterocycles. The summed E-state index contributed by atoms with van der Waals surface area (Å²) in [6.07, 6.45) is -3.34. The molecule has 0 radical (unpaired) electrons. The molecule has 0 saturated carbocycles. The Morgan fingerprint density at radius 1 is 1.11 bits per heavy atom. The molecule has 0 aliphatic carbocycles. The third-order valence-corrected chi connectivity index (χ3v) is 5.21. The van der Waals surface area contributed by atoms with E-state index < -0.39 is 28.1 Å². The number of rotatable bonds is 6. The van der Waals surface area contributed by atoms with E-state index in [-0.39, 0.29) is 17.1 Å². The summed E-state index contributed by atoms with van der Waals surface area (Å²) in [4.78, 5) is 17.5. The number of nitro groups is 1. The number of benzene rings is 3. The number of imidazole rings is 1. The minimum absolute atomic E-state index is 0.0493. The average molecular weight is 494 g/mol. The smallest absolute Gasteiger partial charge is 0.420 e. The molecule has 1 heterocycles. The van der Waals surface area contributed by atoms with E-state index in [1.165, 1.54) is 25.3 Å². The van der Waals surface area contributed by atoms with E-state index in [9.17, 15) is 28.5 Å². The number of nitrogens with one attached hydrogen (secondary N) is 1. The van der Waals surface area contributed by atoms with Gasteiger partial charge in [-0.3, -0.25) is 10.1 Å². The normalized spacial score (nSPS) is 11.8. The fraction of sp³-hybridized carbons (Fsp3) is 0.120. The van der Waals surface area contributed by atoms with Gasteiger partial charge in [0, 0.05) is 12.1 Å². The largest absolute Gasteiger partial charge is 0.493 e. The topological polar surface area (TPSA) is 114 Å². The molecule has 0 atom stereocenters. The van der Waals surface area contributed by atoms with Crippen molar-refractivity contribution in [2.45, 2.75) is 13.1 Å². The number of aromatic nitrogens is 2. The van der Waals surface area contributed by atoms with Gasteiger partial charge in [0.1, 0.15) is 23.2 Å². The summed E-state index contributed by atoms with van der Waals surface area (Å²) < 4.78 is 51.2. The van der Waals surface area contributed by atoms with Gasteiger partial charge in [-0.05, 0) is 54.5 Å². The molecule has 4 aromatic rings. The van der Waals surface area contributed by atoms with Crippen molar-refractivity contribution in [1.29, 1.82) is 5.26 Å². The van der Waals surface area contributed by atoms with Crippen LogP contribution in [-0.4, -0.2) is 22.0 Å². The maximum Gasteiger partial charge on any atom is 0.420 e. The van der Waals surface area contributed by atoms with Crippen molar-refractivity contribution in [3.05, 3.63) is 87.2 Å². The van der Waals surface area contributed by atoms with Gasteiger partial charge in [0.05, 0.1) is 28.6 Å². The number of non-ortho nitro benzene ring substituents is 1. The summed E-state index contributed by atoms with van der Waals surface area (Å²) in [7, 11) is 1.31. The van der Waals surface area contributed by atoms with E-state index in [1.807, 2.05) is 25.1 Å². The van der Waals surface area contributed by atoms with Crippen molar-refractivity contribution in [2.24, 2.45) is 0 Å². The molecule has 0 aliphatic heterocycles. The Bertz CT molecular complexity index is 1550. The molecule has 11 heteroatoms. The number of methoxy groups -OCH3 is 1. The van der Waals surface area contributed by atoms with Crippen molar-refractivity contribution in [3.8, 4) is 23.3 Å². The van der Waals surface area contributed by atoms with E-state index in [0.717, 1.165) is 23.2 Å². The molecule has 1 aromatic heterocycles. The number of alkyl halides is 3. The van der Waals surface area contributed by atoms with Crippen molar-refractivity contribution >= 4 is 28.4 Å². The van der Waals surface area contributed by atoms with E-state index in [2.05, 4.69) is 16.0 Å². The second-order valence-electron chi connectivity index (χ2n) is 7.72. The first kappa shape index (κ1) is 24.3. The summed E-state index contributed by atoms with van der Waals surface area (Å²) in [5.74, 6) is -0.220. The van der Waals surface area contributed by atoms with Crippen molar-refractivity contribution in [1.82, 2.24) is 9.97 Å². The van der Waals surface area contributed by atoms with Gasteiger partial charge in [0.15, 0.2) is 11.5 Å². The molecular formula is C25H17F3N4O4. The number of H-pyrrole nitrogens is 1. The van der Waals surface area contributed by atoms with E-state index in [4.69, 9.17) is 9.47 Å². The number of allylic oxidation sites excluding steroid dienone is 1. The molecule has 0 spiro atoms. The van der Waals surface area contributed by atoms with Crippen molar-refractivity contribution in [2.75, 3.05) is 7.11 Å². The second kappa shape index (κ2) is 9.42. The van der Waals surface area contributed by atoms with Crippen molar-refractivity contribution in [3.63, 3.8) is 0 Å². The lowest BCUT2D eigenvalue weighted by Crippen LogP contribution is -2.08. The molecule has 182 valence electrons. The molecule has 36 heavy (non-hydrogen) atoms. The number of ether oxygens (including phenoxy) is 2. The standard InChI is InChI=1S/C25H17F3N4O4/c1-14-3-6-19-20(9-14)31-24(30-19)16(13-29)10-15-4-7-22(23(11-15)35-2)36-21-8-5-17(32(33)34)12-18(21)25(26,27)28/h3-12H,1-2H3,(H,30,31). The number of nitro benzene ring substituents is 1. The van der Waals surface area contributed by atoms with Crippen LogP contribution in [0.5, 0.6) is 17.2 Å². The van der Waals surface area contributed by atoms with E-state index in [1.54, 1.807) is 6.08 Å². The second-order valence-corrected chi connectivity index (χ2v) is 7.72. The van der Waals surface area contributed by atoms with Crippen LogP contribution in [0.25, 0.3) is 22.7 Å². The molecule has 1 N–H and O–H groups in total. The Morgan fingerprint density at radius 3 is 2.53 bits per heavy atom. The van der Waals surface area contributed by atoms with Crippen molar-refractivity contribution < 1.29 is 27.6 Å². The number of nitriles is 1. The first-order valence-electron chi connectivity index (χ1n) is 10.4. The summed E-state index contributed by atoms with van der Waals surface area (Å²) in [5.41, 5.74) is 1.22. The first-order valence-corrected chi connectivity index (χ1v) is 10.4. The van der Waals surface area contributed by atoms with Gasteiger partial charge in [-0.2, -0.15) is 18.4 Å². The minimum Gasteiger partial charge on any atom is -0.493 e. The van der Waals surface area contributed by atoms with Crippen LogP contribution in [0.2, 0.25) is 0 Å². The van der Waals surface area contributed by atoms with Gasteiger partial charge in [-0.1, -0.05) is 12.1 Å². The SMILES string of the molecule is COc1cc(C=C(C#N)c2nc3ccc(C)cc3[nH]2)ccc1Oc1ccc([N+](=O)[O-])cc1C(F)(F)F. The van der Waals surface area contributed by atoms with Gasteiger partial charge in [-0.15, -0.1) is 0 Å². The third kappa shape index (κ3) is 4.97. The highest BCUT2D eigenvalue weighted by atomic mass is 19.4. The van der Waals surface area contributed by atoms with Gasteiger partial charge in [0.25, 0.3) is 5.69 Å². The Labute approximate surface area is 202 Å². The Kier molecular flexibility index (Phi) is 6.35. The lowest BCUT2D eigenvalue weighted by atomic mass is 10.1. The number of halogens is 3. The van der Waals surface area contributed by atoms with Gasteiger partial charge in [0.2, 0.25) is 0 Å². The molecule has 0 unspecified atom stereocenters. The number of fused-ring (bicyclic) bond motifs is 1. The molecule has 4 rings (SSSR count). The zero-order chi connectivity index (χ0) is 26.0.